The molecule has 1 aliphatic rings. The molecule has 3 atom stereocenters. The van der Waals surface area contributed by atoms with Gasteiger partial charge in [-0.2, -0.15) is 0 Å². The SMILES string of the molecule is CCC1CN(C(=O)c2cc3nccnc3cc2F)CC(C)S1=O. The molecule has 122 valence electrons. The topological polar surface area (TPSA) is 63.2 Å². The quantitative estimate of drug-likeness (QED) is 0.843. The lowest BCUT2D eigenvalue weighted by atomic mass is 10.1. The predicted molar refractivity (Wildman–Crippen MR) is 87.1 cm³/mol. The number of halogens is 1. The third-order valence-corrected chi connectivity index (χ3v) is 6.24. The number of hydrogen-bond acceptors (Lipinski definition) is 4. The summed E-state index contributed by atoms with van der Waals surface area (Å²) in [5.41, 5.74) is 0.895. The number of hydrogen-bond donors (Lipinski definition) is 0. The summed E-state index contributed by atoms with van der Waals surface area (Å²) in [7, 11) is -0.954. The minimum Gasteiger partial charge on any atom is -0.336 e. The van der Waals surface area contributed by atoms with Crippen LogP contribution in [0.1, 0.15) is 30.6 Å². The van der Waals surface area contributed by atoms with E-state index in [4.69, 9.17) is 0 Å². The largest absolute Gasteiger partial charge is 0.336 e. The maximum Gasteiger partial charge on any atom is 0.256 e. The van der Waals surface area contributed by atoms with E-state index in [1.807, 2.05) is 13.8 Å². The van der Waals surface area contributed by atoms with E-state index < -0.39 is 16.6 Å². The predicted octanol–water partition coefficient (Wildman–Crippen LogP) is 2.14. The summed E-state index contributed by atoms with van der Waals surface area (Å²) < 4.78 is 26.5. The highest BCUT2D eigenvalue weighted by atomic mass is 32.2. The summed E-state index contributed by atoms with van der Waals surface area (Å²) in [6.07, 6.45) is 3.72. The van der Waals surface area contributed by atoms with Crippen molar-refractivity contribution in [2.45, 2.75) is 30.8 Å². The molecule has 1 amide bonds. The van der Waals surface area contributed by atoms with Crippen molar-refractivity contribution in [3.8, 4) is 0 Å². The van der Waals surface area contributed by atoms with Crippen LogP contribution >= 0.6 is 0 Å². The van der Waals surface area contributed by atoms with Gasteiger partial charge in [-0.05, 0) is 19.4 Å². The van der Waals surface area contributed by atoms with Crippen LogP contribution in [-0.2, 0) is 10.8 Å². The molecule has 3 unspecified atom stereocenters. The molecular formula is C16H18FN3O2S. The van der Waals surface area contributed by atoms with Gasteiger partial charge in [-0.25, -0.2) is 4.39 Å². The molecule has 1 aromatic heterocycles. The molecule has 0 spiro atoms. The van der Waals surface area contributed by atoms with Gasteiger partial charge in [-0.15, -0.1) is 0 Å². The van der Waals surface area contributed by atoms with Gasteiger partial charge in [0.2, 0.25) is 0 Å². The van der Waals surface area contributed by atoms with Crippen LogP contribution in [0.25, 0.3) is 11.0 Å². The molecule has 2 aromatic rings. The zero-order chi connectivity index (χ0) is 16.6. The van der Waals surface area contributed by atoms with Crippen molar-refractivity contribution in [1.29, 1.82) is 0 Å². The highest BCUT2D eigenvalue weighted by Crippen LogP contribution is 2.22. The Bertz CT molecular complexity index is 783. The number of carbonyl (C=O) groups excluding carboxylic acids is 1. The Morgan fingerprint density at radius 2 is 1.96 bits per heavy atom. The third kappa shape index (κ3) is 2.97. The van der Waals surface area contributed by atoms with Gasteiger partial charge in [-0.3, -0.25) is 19.0 Å². The molecule has 0 N–H and O–H groups in total. The molecule has 1 aliphatic heterocycles. The van der Waals surface area contributed by atoms with Gasteiger partial charge in [0.05, 0.1) is 21.8 Å². The second-order valence-corrected chi connectivity index (χ2v) is 7.89. The fraction of sp³-hybridized carbons (Fsp3) is 0.438. The normalized spacial score (nSPS) is 24.8. The van der Waals surface area contributed by atoms with E-state index >= 15 is 0 Å². The van der Waals surface area contributed by atoms with Crippen LogP contribution < -0.4 is 0 Å². The fourth-order valence-corrected chi connectivity index (χ4v) is 4.52. The molecule has 23 heavy (non-hydrogen) atoms. The molecule has 5 nitrogen and oxygen atoms in total. The van der Waals surface area contributed by atoms with Crippen LogP contribution in [0.15, 0.2) is 24.5 Å². The zero-order valence-corrected chi connectivity index (χ0v) is 13.8. The molecule has 1 aromatic carbocycles. The molecule has 0 bridgehead atoms. The average molecular weight is 335 g/mol. The van der Waals surface area contributed by atoms with Crippen molar-refractivity contribution in [2.24, 2.45) is 0 Å². The number of aromatic nitrogens is 2. The van der Waals surface area contributed by atoms with E-state index in [-0.39, 0.29) is 22.0 Å². The molecule has 0 radical (unpaired) electrons. The Morgan fingerprint density at radius 1 is 1.30 bits per heavy atom. The minimum atomic E-state index is -0.954. The van der Waals surface area contributed by atoms with E-state index in [1.165, 1.54) is 24.5 Å². The van der Waals surface area contributed by atoms with Crippen LogP contribution in [0.2, 0.25) is 0 Å². The second kappa shape index (κ2) is 6.31. The number of fused-ring (bicyclic) bond motifs is 1. The lowest BCUT2D eigenvalue weighted by Gasteiger charge is -2.35. The Morgan fingerprint density at radius 3 is 2.61 bits per heavy atom. The van der Waals surface area contributed by atoms with Crippen LogP contribution in [0.3, 0.4) is 0 Å². The lowest BCUT2D eigenvalue weighted by Crippen LogP contribution is -2.50. The Labute approximate surface area is 136 Å². The van der Waals surface area contributed by atoms with Gasteiger partial charge < -0.3 is 4.90 Å². The van der Waals surface area contributed by atoms with Gasteiger partial charge in [0, 0.05) is 47.6 Å². The highest BCUT2D eigenvalue weighted by Gasteiger charge is 2.34. The van der Waals surface area contributed by atoms with Crippen LogP contribution in [0, 0.1) is 5.82 Å². The van der Waals surface area contributed by atoms with Gasteiger partial charge in [0.1, 0.15) is 5.82 Å². The number of benzene rings is 1. The first kappa shape index (κ1) is 16.0. The fourth-order valence-electron chi connectivity index (χ4n) is 2.88. The van der Waals surface area contributed by atoms with Gasteiger partial charge in [0.25, 0.3) is 5.91 Å². The van der Waals surface area contributed by atoms with Crippen molar-refractivity contribution in [3.05, 3.63) is 35.9 Å². The van der Waals surface area contributed by atoms with E-state index in [9.17, 15) is 13.4 Å². The minimum absolute atomic E-state index is 0.00673. The smallest absolute Gasteiger partial charge is 0.256 e. The van der Waals surface area contributed by atoms with Gasteiger partial charge >= 0.3 is 0 Å². The van der Waals surface area contributed by atoms with Crippen molar-refractivity contribution < 1.29 is 13.4 Å². The summed E-state index contributed by atoms with van der Waals surface area (Å²) in [5.74, 6) is -0.979. The molecule has 0 saturated carbocycles. The summed E-state index contributed by atoms with van der Waals surface area (Å²) in [4.78, 5) is 22.5. The van der Waals surface area contributed by atoms with Crippen LogP contribution in [0.4, 0.5) is 4.39 Å². The lowest BCUT2D eigenvalue weighted by molar-refractivity contribution is 0.0744. The maximum atomic E-state index is 14.3. The Kier molecular flexibility index (Phi) is 4.39. The number of carbonyl (C=O) groups is 1. The number of nitrogens with zero attached hydrogens (tertiary/aromatic N) is 3. The molecule has 2 heterocycles. The van der Waals surface area contributed by atoms with Crippen molar-refractivity contribution >= 4 is 27.7 Å². The molecule has 0 aliphatic carbocycles. The molecular weight excluding hydrogens is 317 g/mol. The number of amides is 1. The van der Waals surface area contributed by atoms with E-state index in [0.29, 0.717) is 24.1 Å². The molecule has 1 saturated heterocycles. The van der Waals surface area contributed by atoms with E-state index in [0.717, 1.165) is 6.42 Å². The summed E-state index contributed by atoms with van der Waals surface area (Å²) in [6.45, 7) is 4.58. The van der Waals surface area contributed by atoms with E-state index in [1.54, 1.807) is 4.90 Å². The standard InChI is InChI=1S/C16H18FN3O2S/c1-3-11-9-20(8-10(2)23(11)22)16(21)12-6-14-15(7-13(12)17)19-5-4-18-14/h4-7,10-11H,3,8-9H2,1-2H3. The van der Waals surface area contributed by atoms with Crippen LogP contribution in [0.5, 0.6) is 0 Å². The average Bonchev–Trinajstić information content (AvgIpc) is 2.56. The molecule has 3 rings (SSSR count). The first-order valence-corrected chi connectivity index (χ1v) is 8.87. The maximum absolute atomic E-state index is 14.3. The first-order valence-electron chi connectivity index (χ1n) is 7.60. The van der Waals surface area contributed by atoms with Crippen LogP contribution in [-0.4, -0.2) is 48.6 Å². The van der Waals surface area contributed by atoms with Crippen molar-refractivity contribution in [1.82, 2.24) is 14.9 Å². The second-order valence-electron chi connectivity index (χ2n) is 5.76. The monoisotopic (exact) mass is 335 g/mol. The van der Waals surface area contributed by atoms with E-state index in [2.05, 4.69) is 9.97 Å². The summed E-state index contributed by atoms with van der Waals surface area (Å²) in [6, 6.07) is 2.68. The van der Waals surface area contributed by atoms with Crippen molar-refractivity contribution in [3.63, 3.8) is 0 Å². The Balaban J connectivity index is 1.94. The third-order valence-electron chi connectivity index (χ3n) is 4.16. The Hall–Kier alpha value is -1.89. The molecule has 7 heteroatoms. The highest BCUT2D eigenvalue weighted by molar-refractivity contribution is 7.86. The number of rotatable bonds is 2. The molecule has 1 fully saturated rings. The summed E-state index contributed by atoms with van der Waals surface area (Å²) >= 11 is 0. The first-order chi connectivity index (χ1) is 11.0. The zero-order valence-electron chi connectivity index (χ0n) is 13.0. The van der Waals surface area contributed by atoms with Gasteiger partial charge in [-0.1, -0.05) is 6.92 Å². The van der Waals surface area contributed by atoms with Crippen molar-refractivity contribution in [2.75, 3.05) is 13.1 Å². The summed E-state index contributed by atoms with van der Waals surface area (Å²) in [5, 5.41) is -0.174. The van der Waals surface area contributed by atoms with Gasteiger partial charge in [0.15, 0.2) is 0 Å².